The third kappa shape index (κ3) is 5.65. The van der Waals surface area contributed by atoms with E-state index in [1.165, 1.54) is 18.3 Å². The average molecular weight is 573 g/mol. The summed E-state index contributed by atoms with van der Waals surface area (Å²) in [5, 5.41) is 15.7. The molecule has 0 bridgehead atoms. The first-order chi connectivity index (χ1) is 15.9. The van der Waals surface area contributed by atoms with Crippen LogP contribution in [0, 0.1) is 10.1 Å². The molecule has 10 heteroatoms. The molecule has 0 spiro atoms. The predicted molar refractivity (Wildman–Crippen MR) is 131 cm³/mol. The maximum absolute atomic E-state index is 12.3. The molecule has 0 aliphatic carbocycles. The normalized spacial score (nSPS) is 11.1. The fraction of sp³-hybridized carbons (Fsp3) is 0.0435. The van der Waals surface area contributed by atoms with Crippen LogP contribution in [0.4, 0.5) is 5.69 Å². The fourth-order valence-corrected chi connectivity index (χ4v) is 3.87. The number of ether oxygens (including phenoxy) is 1. The van der Waals surface area contributed by atoms with Crippen molar-refractivity contribution in [1.82, 2.24) is 5.43 Å². The second-order valence-electron chi connectivity index (χ2n) is 6.90. The summed E-state index contributed by atoms with van der Waals surface area (Å²) in [5.41, 5.74) is 4.47. The molecule has 1 N–H and O–H groups in total. The molecule has 4 rings (SSSR count). The lowest BCUT2D eigenvalue weighted by atomic mass is 10.2. The van der Waals surface area contributed by atoms with Gasteiger partial charge in [-0.3, -0.25) is 14.9 Å². The third-order valence-corrected chi connectivity index (χ3v) is 5.67. The van der Waals surface area contributed by atoms with Crippen LogP contribution in [-0.2, 0) is 6.61 Å². The van der Waals surface area contributed by atoms with Crippen molar-refractivity contribution in [2.45, 2.75) is 6.61 Å². The lowest BCUT2D eigenvalue weighted by Gasteiger charge is -2.09. The van der Waals surface area contributed by atoms with Crippen LogP contribution in [0.3, 0.4) is 0 Å². The van der Waals surface area contributed by atoms with Crippen LogP contribution < -0.4 is 10.2 Å². The second-order valence-corrected chi connectivity index (χ2v) is 8.67. The van der Waals surface area contributed by atoms with E-state index < -0.39 is 10.8 Å². The monoisotopic (exact) mass is 571 g/mol. The minimum absolute atomic E-state index is 0.0132. The van der Waals surface area contributed by atoms with E-state index in [0.29, 0.717) is 21.4 Å². The van der Waals surface area contributed by atoms with Crippen molar-refractivity contribution in [2.24, 2.45) is 5.10 Å². The number of benzene rings is 3. The molecular formula is C23H15Br2N3O5. The van der Waals surface area contributed by atoms with Crippen LogP contribution >= 0.6 is 31.9 Å². The highest BCUT2D eigenvalue weighted by Crippen LogP contribution is 2.27. The molecule has 0 aliphatic rings. The van der Waals surface area contributed by atoms with Crippen LogP contribution in [0.1, 0.15) is 21.7 Å². The van der Waals surface area contributed by atoms with Crippen molar-refractivity contribution < 1.29 is 18.9 Å². The zero-order valence-corrected chi connectivity index (χ0v) is 20.0. The zero-order chi connectivity index (χ0) is 23.4. The highest BCUT2D eigenvalue weighted by molar-refractivity contribution is 9.10. The fourth-order valence-electron chi connectivity index (χ4n) is 2.98. The Labute approximate surface area is 204 Å². The molecule has 166 valence electrons. The summed E-state index contributed by atoms with van der Waals surface area (Å²) >= 11 is 6.82. The molecule has 4 aromatic rings. The molecule has 0 atom stereocenters. The number of rotatable bonds is 7. The number of furan rings is 1. The number of fused-ring (bicyclic) bond motifs is 1. The molecule has 1 heterocycles. The van der Waals surface area contributed by atoms with Gasteiger partial charge < -0.3 is 9.15 Å². The summed E-state index contributed by atoms with van der Waals surface area (Å²) in [4.78, 5) is 22.7. The van der Waals surface area contributed by atoms with E-state index in [9.17, 15) is 14.9 Å². The zero-order valence-electron chi connectivity index (χ0n) is 16.8. The molecule has 0 unspecified atom stereocenters. The topological polar surface area (TPSA) is 107 Å². The lowest BCUT2D eigenvalue weighted by Crippen LogP contribution is -2.16. The van der Waals surface area contributed by atoms with E-state index in [4.69, 9.17) is 9.15 Å². The van der Waals surface area contributed by atoms with Crippen molar-refractivity contribution >= 4 is 60.6 Å². The number of amides is 1. The van der Waals surface area contributed by atoms with Crippen LogP contribution in [0.25, 0.3) is 11.0 Å². The minimum Gasteiger partial charge on any atom is -0.488 e. The number of hydrogen-bond acceptors (Lipinski definition) is 6. The average Bonchev–Trinajstić information content (AvgIpc) is 3.22. The third-order valence-electron chi connectivity index (χ3n) is 4.55. The standard InChI is InChI=1S/C23H15Br2N3O5/c24-17-5-7-20-16(10-17)11-22(33-20)23(29)27-26-12-14-4-6-21(19(25)9-14)32-13-15-2-1-3-18(8-15)28(30)31/h1-12H,13H2,(H,27,29)/b26-12+. The molecule has 0 fully saturated rings. The summed E-state index contributed by atoms with van der Waals surface area (Å²) in [5.74, 6) is 0.261. The maximum atomic E-state index is 12.3. The first-order valence-electron chi connectivity index (χ1n) is 9.57. The Morgan fingerprint density at radius 2 is 1.97 bits per heavy atom. The SMILES string of the molecule is O=C(N/N=C/c1ccc(OCc2cccc([N+](=O)[O-])c2)c(Br)c1)c1cc2cc(Br)ccc2o1. The van der Waals surface area contributed by atoms with Crippen LogP contribution in [0.5, 0.6) is 5.75 Å². The van der Waals surface area contributed by atoms with Gasteiger partial charge in [-0.1, -0.05) is 28.1 Å². The Morgan fingerprint density at radius 3 is 2.76 bits per heavy atom. The first-order valence-corrected chi connectivity index (χ1v) is 11.2. The predicted octanol–water partition coefficient (Wildman–Crippen LogP) is 6.21. The van der Waals surface area contributed by atoms with Gasteiger partial charge in [0, 0.05) is 22.0 Å². The molecule has 0 aliphatic heterocycles. The van der Waals surface area contributed by atoms with Crippen molar-refractivity contribution in [1.29, 1.82) is 0 Å². The Kier molecular flexibility index (Phi) is 6.85. The number of nitro groups is 1. The number of nitrogens with zero attached hydrogens (tertiary/aromatic N) is 2. The second kappa shape index (κ2) is 9.97. The van der Waals surface area contributed by atoms with Gasteiger partial charge in [0.2, 0.25) is 0 Å². The van der Waals surface area contributed by atoms with E-state index in [1.54, 1.807) is 42.5 Å². The number of carbonyl (C=O) groups is 1. The quantitative estimate of drug-likeness (QED) is 0.161. The van der Waals surface area contributed by atoms with Crippen LogP contribution in [0.2, 0.25) is 0 Å². The summed E-state index contributed by atoms with van der Waals surface area (Å²) in [7, 11) is 0. The molecule has 0 saturated heterocycles. The number of nitrogens with one attached hydrogen (secondary N) is 1. The molecule has 1 aromatic heterocycles. The van der Waals surface area contributed by atoms with E-state index in [0.717, 1.165) is 15.4 Å². The van der Waals surface area contributed by atoms with Gasteiger partial charge in [0.25, 0.3) is 5.69 Å². The first kappa shape index (κ1) is 22.7. The van der Waals surface area contributed by atoms with Crippen molar-refractivity contribution in [3.63, 3.8) is 0 Å². The minimum atomic E-state index is -0.463. The number of non-ortho nitro benzene ring substituents is 1. The molecule has 0 saturated carbocycles. The Morgan fingerprint density at radius 1 is 1.12 bits per heavy atom. The molecule has 3 aromatic carbocycles. The Balaban J connectivity index is 1.36. The van der Waals surface area contributed by atoms with Gasteiger partial charge in [0.1, 0.15) is 17.9 Å². The summed E-state index contributed by atoms with van der Waals surface area (Å²) in [6.45, 7) is 0.178. The molecule has 1 amide bonds. The number of carbonyl (C=O) groups excluding carboxylic acids is 1. The number of hydrazone groups is 1. The van der Waals surface area contributed by atoms with Gasteiger partial charge in [-0.15, -0.1) is 0 Å². The van der Waals surface area contributed by atoms with Gasteiger partial charge in [0.05, 0.1) is 15.6 Å². The van der Waals surface area contributed by atoms with E-state index >= 15 is 0 Å². The van der Waals surface area contributed by atoms with Gasteiger partial charge in [0.15, 0.2) is 5.76 Å². The number of hydrogen-bond donors (Lipinski definition) is 1. The van der Waals surface area contributed by atoms with Gasteiger partial charge in [-0.05, 0) is 69.5 Å². The van der Waals surface area contributed by atoms with Gasteiger partial charge in [-0.2, -0.15) is 5.10 Å². The van der Waals surface area contributed by atoms with E-state index in [2.05, 4.69) is 42.4 Å². The van der Waals surface area contributed by atoms with Crippen LogP contribution in [0.15, 0.2) is 85.2 Å². The molecule has 0 radical (unpaired) electrons. The summed E-state index contributed by atoms with van der Waals surface area (Å²) in [6.07, 6.45) is 1.49. The van der Waals surface area contributed by atoms with Crippen molar-refractivity contribution in [3.05, 3.63) is 103 Å². The lowest BCUT2D eigenvalue weighted by molar-refractivity contribution is -0.384. The van der Waals surface area contributed by atoms with E-state index in [1.807, 2.05) is 12.1 Å². The Hall–Kier alpha value is -3.50. The maximum Gasteiger partial charge on any atom is 0.307 e. The van der Waals surface area contributed by atoms with Crippen LogP contribution in [-0.4, -0.2) is 17.0 Å². The van der Waals surface area contributed by atoms with Crippen molar-refractivity contribution in [2.75, 3.05) is 0 Å². The van der Waals surface area contributed by atoms with Gasteiger partial charge >= 0.3 is 5.91 Å². The largest absolute Gasteiger partial charge is 0.488 e. The van der Waals surface area contributed by atoms with Crippen molar-refractivity contribution in [3.8, 4) is 5.75 Å². The molecule has 33 heavy (non-hydrogen) atoms. The summed E-state index contributed by atoms with van der Waals surface area (Å²) < 4.78 is 12.9. The smallest absolute Gasteiger partial charge is 0.307 e. The highest BCUT2D eigenvalue weighted by atomic mass is 79.9. The summed E-state index contributed by atoms with van der Waals surface area (Å²) in [6, 6.07) is 18.7. The molecule has 8 nitrogen and oxygen atoms in total. The Bertz CT molecular complexity index is 1380. The highest BCUT2D eigenvalue weighted by Gasteiger charge is 2.12. The number of nitro benzene ring substituents is 1. The van der Waals surface area contributed by atoms with E-state index in [-0.39, 0.29) is 18.1 Å². The molecular weight excluding hydrogens is 558 g/mol. The number of halogens is 2. The van der Waals surface area contributed by atoms with Gasteiger partial charge in [-0.25, -0.2) is 5.43 Å².